The Labute approximate surface area is 132 Å². The van der Waals surface area contributed by atoms with E-state index in [0.29, 0.717) is 12.6 Å². The zero-order chi connectivity index (χ0) is 15.5. The molecule has 0 aliphatic carbocycles. The number of pyridine rings is 1. The zero-order valence-corrected chi connectivity index (χ0v) is 13.3. The summed E-state index contributed by atoms with van der Waals surface area (Å²) in [6.07, 6.45) is 5.15. The minimum absolute atomic E-state index is 0.371. The van der Waals surface area contributed by atoms with Crippen LogP contribution < -0.4 is 10.6 Å². The molecule has 1 saturated heterocycles. The molecular formula is C16H26N4O2. The minimum Gasteiger partial charge on any atom is -0.381 e. The number of nitrogens with one attached hydrogen (secondary N) is 2. The summed E-state index contributed by atoms with van der Waals surface area (Å²) in [7, 11) is 1.77. The summed E-state index contributed by atoms with van der Waals surface area (Å²) >= 11 is 0. The van der Waals surface area contributed by atoms with Gasteiger partial charge in [0.05, 0.1) is 18.3 Å². The van der Waals surface area contributed by atoms with Crippen molar-refractivity contribution < 1.29 is 9.47 Å². The zero-order valence-electron chi connectivity index (χ0n) is 13.3. The topological polar surface area (TPSA) is 67.8 Å². The molecule has 0 bridgehead atoms. The Balaban J connectivity index is 1.54. The molecule has 122 valence electrons. The minimum atomic E-state index is 0.371. The molecule has 0 radical (unpaired) electrons. The van der Waals surface area contributed by atoms with Crippen molar-refractivity contribution in [1.29, 1.82) is 0 Å². The number of ether oxygens (including phenoxy) is 2. The van der Waals surface area contributed by atoms with E-state index in [1.54, 1.807) is 13.2 Å². The van der Waals surface area contributed by atoms with Crippen LogP contribution in [-0.2, 0) is 16.0 Å². The van der Waals surface area contributed by atoms with Crippen molar-refractivity contribution in [3.05, 3.63) is 30.1 Å². The number of aliphatic imine (C=N–C) groups is 1. The highest BCUT2D eigenvalue weighted by atomic mass is 16.5. The average molecular weight is 306 g/mol. The molecule has 6 nitrogen and oxygen atoms in total. The van der Waals surface area contributed by atoms with Crippen LogP contribution in [0.2, 0.25) is 0 Å². The van der Waals surface area contributed by atoms with Crippen LogP contribution >= 0.6 is 0 Å². The van der Waals surface area contributed by atoms with Gasteiger partial charge in [-0.15, -0.1) is 0 Å². The smallest absolute Gasteiger partial charge is 0.191 e. The first kappa shape index (κ1) is 16.7. The van der Waals surface area contributed by atoms with E-state index in [-0.39, 0.29) is 0 Å². The Morgan fingerprint density at radius 3 is 2.95 bits per heavy atom. The van der Waals surface area contributed by atoms with E-state index in [1.807, 2.05) is 18.2 Å². The predicted octanol–water partition coefficient (Wildman–Crippen LogP) is 1.33. The molecule has 1 aromatic heterocycles. The van der Waals surface area contributed by atoms with E-state index in [9.17, 15) is 0 Å². The van der Waals surface area contributed by atoms with Crippen molar-refractivity contribution in [2.75, 3.05) is 33.4 Å². The molecule has 0 amide bonds. The van der Waals surface area contributed by atoms with Gasteiger partial charge in [-0.05, 0) is 31.4 Å². The third-order valence-electron chi connectivity index (χ3n) is 3.52. The van der Waals surface area contributed by atoms with Crippen molar-refractivity contribution in [3.63, 3.8) is 0 Å². The van der Waals surface area contributed by atoms with Crippen molar-refractivity contribution in [2.45, 2.75) is 31.9 Å². The van der Waals surface area contributed by atoms with Crippen LogP contribution in [0.15, 0.2) is 29.4 Å². The van der Waals surface area contributed by atoms with Gasteiger partial charge >= 0.3 is 0 Å². The van der Waals surface area contributed by atoms with Crippen LogP contribution in [0.25, 0.3) is 0 Å². The summed E-state index contributed by atoms with van der Waals surface area (Å²) in [4.78, 5) is 8.47. The van der Waals surface area contributed by atoms with Gasteiger partial charge in [-0.1, -0.05) is 6.07 Å². The summed E-state index contributed by atoms with van der Waals surface area (Å²) in [6, 6.07) is 5.88. The lowest BCUT2D eigenvalue weighted by atomic mass is 10.1. The Morgan fingerprint density at radius 2 is 2.23 bits per heavy atom. The SMILES string of the molecule is CN=C(NCCCOC1CCOCC1)NCc1ccccn1. The maximum Gasteiger partial charge on any atom is 0.191 e. The molecule has 1 fully saturated rings. The van der Waals surface area contributed by atoms with E-state index >= 15 is 0 Å². The molecule has 0 spiro atoms. The van der Waals surface area contributed by atoms with Crippen molar-refractivity contribution in [3.8, 4) is 0 Å². The maximum atomic E-state index is 5.84. The van der Waals surface area contributed by atoms with Crippen molar-refractivity contribution in [2.24, 2.45) is 4.99 Å². The summed E-state index contributed by atoms with van der Waals surface area (Å²) < 4.78 is 11.2. The van der Waals surface area contributed by atoms with Crippen LogP contribution in [0, 0.1) is 0 Å². The van der Waals surface area contributed by atoms with E-state index in [1.165, 1.54) is 0 Å². The highest BCUT2D eigenvalue weighted by molar-refractivity contribution is 5.79. The van der Waals surface area contributed by atoms with Gasteiger partial charge < -0.3 is 20.1 Å². The monoisotopic (exact) mass is 306 g/mol. The fourth-order valence-electron chi connectivity index (χ4n) is 2.27. The fourth-order valence-corrected chi connectivity index (χ4v) is 2.27. The molecule has 1 aliphatic rings. The lowest BCUT2D eigenvalue weighted by Gasteiger charge is -2.22. The van der Waals surface area contributed by atoms with Crippen LogP contribution in [0.3, 0.4) is 0 Å². The summed E-state index contributed by atoms with van der Waals surface area (Å²) in [5.74, 6) is 0.789. The molecule has 6 heteroatoms. The largest absolute Gasteiger partial charge is 0.381 e. The molecule has 22 heavy (non-hydrogen) atoms. The molecule has 1 aliphatic heterocycles. The van der Waals surface area contributed by atoms with Gasteiger partial charge in [0.1, 0.15) is 0 Å². The van der Waals surface area contributed by atoms with Gasteiger partial charge in [0.15, 0.2) is 5.96 Å². The molecular weight excluding hydrogens is 280 g/mol. The van der Waals surface area contributed by atoms with E-state index in [4.69, 9.17) is 9.47 Å². The van der Waals surface area contributed by atoms with E-state index in [2.05, 4.69) is 20.6 Å². The number of guanidine groups is 1. The third-order valence-corrected chi connectivity index (χ3v) is 3.52. The maximum absolute atomic E-state index is 5.84. The highest BCUT2D eigenvalue weighted by Gasteiger charge is 2.13. The Bertz CT molecular complexity index is 433. The lowest BCUT2D eigenvalue weighted by molar-refractivity contribution is -0.0320. The number of rotatable bonds is 7. The van der Waals surface area contributed by atoms with E-state index in [0.717, 1.165) is 57.3 Å². The van der Waals surface area contributed by atoms with Crippen LogP contribution in [-0.4, -0.2) is 50.5 Å². The standard InChI is InChI=1S/C16H26N4O2/c1-17-16(20-13-14-5-2-3-8-18-14)19-9-4-10-22-15-6-11-21-12-7-15/h2-3,5,8,15H,4,6-7,9-13H2,1H3,(H2,17,19,20). The number of aromatic nitrogens is 1. The molecule has 1 aromatic rings. The van der Waals surface area contributed by atoms with Crippen LogP contribution in [0.5, 0.6) is 0 Å². The quantitative estimate of drug-likeness (QED) is 0.452. The lowest BCUT2D eigenvalue weighted by Crippen LogP contribution is -2.37. The van der Waals surface area contributed by atoms with Crippen molar-refractivity contribution >= 4 is 5.96 Å². The molecule has 2 N–H and O–H groups in total. The number of nitrogens with zero attached hydrogens (tertiary/aromatic N) is 2. The van der Waals surface area contributed by atoms with E-state index < -0.39 is 0 Å². The second-order valence-corrected chi connectivity index (χ2v) is 5.21. The number of hydrogen-bond acceptors (Lipinski definition) is 4. The first-order valence-electron chi connectivity index (χ1n) is 7.92. The van der Waals surface area contributed by atoms with Crippen molar-refractivity contribution in [1.82, 2.24) is 15.6 Å². The Morgan fingerprint density at radius 1 is 1.36 bits per heavy atom. The first-order valence-corrected chi connectivity index (χ1v) is 7.92. The fraction of sp³-hybridized carbons (Fsp3) is 0.625. The van der Waals surface area contributed by atoms with Crippen LogP contribution in [0.4, 0.5) is 0 Å². The summed E-state index contributed by atoms with van der Waals surface area (Å²) in [5, 5.41) is 6.53. The molecule has 0 atom stereocenters. The highest BCUT2D eigenvalue weighted by Crippen LogP contribution is 2.10. The Hall–Kier alpha value is -1.66. The number of hydrogen-bond donors (Lipinski definition) is 2. The predicted molar refractivity (Wildman–Crippen MR) is 86.8 cm³/mol. The Kier molecular flexibility index (Phi) is 7.69. The molecule has 0 saturated carbocycles. The van der Waals surface area contributed by atoms with Gasteiger partial charge in [-0.25, -0.2) is 0 Å². The first-order chi connectivity index (χ1) is 10.9. The average Bonchev–Trinajstić information content (AvgIpc) is 2.59. The molecule has 0 aromatic carbocycles. The van der Waals surface area contributed by atoms with Crippen LogP contribution in [0.1, 0.15) is 25.0 Å². The summed E-state index contributed by atoms with van der Waals surface area (Å²) in [6.45, 7) is 3.93. The van der Waals surface area contributed by atoms with Gasteiger partial charge in [-0.2, -0.15) is 0 Å². The second-order valence-electron chi connectivity index (χ2n) is 5.21. The van der Waals surface area contributed by atoms with Gasteiger partial charge in [0.2, 0.25) is 0 Å². The van der Waals surface area contributed by atoms with Gasteiger partial charge in [-0.3, -0.25) is 9.98 Å². The molecule has 0 unspecified atom stereocenters. The van der Waals surface area contributed by atoms with Gasteiger partial charge in [0.25, 0.3) is 0 Å². The molecule has 2 rings (SSSR count). The summed E-state index contributed by atoms with van der Waals surface area (Å²) in [5.41, 5.74) is 0.994. The second kappa shape index (κ2) is 10.1. The third kappa shape index (κ3) is 6.41. The normalized spacial score (nSPS) is 16.5. The molecule has 2 heterocycles. The van der Waals surface area contributed by atoms with Gasteiger partial charge in [0, 0.05) is 39.6 Å².